The molecular weight excluding hydrogens is 172 g/mol. The van der Waals surface area contributed by atoms with Gasteiger partial charge in [-0.1, -0.05) is 0 Å². The van der Waals surface area contributed by atoms with Gasteiger partial charge in [-0.2, -0.15) is 0 Å². The molecule has 1 aromatic carbocycles. The molecule has 0 unspecified atom stereocenters. The van der Waals surface area contributed by atoms with Crippen molar-refractivity contribution in [3.8, 4) is 5.75 Å². The molecule has 0 saturated carbocycles. The van der Waals surface area contributed by atoms with Gasteiger partial charge in [-0.05, 0) is 24.5 Å². The van der Waals surface area contributed by atoms with E-state index in [0.717, 1.165) is 22.8 Å². The lowest BCUT2D eigenvalue weighted by molar-refractivity contribution is 0.402. The third kappa shape index (κ3) is 1.93. The van der Waals surface area contributed by atoms with Gasteiger partial charge in [0.2, 0.25) is 0 Å². The molecule has 0 atom stereocenters. The number of benzene rings is 1. The molecule has 1 radical (unpaired) electrons. The normalized spacial score (nSPS) is 9.92. The molecule has 0 aliphatic heterocycles. The van der Waals surface area contributed by atoms with E-state index in [1.165, 1.54) is 0 Å². The Bertz CT molecular complexity index is 261. The van der Waals surface area contributed by atoms with Crippen molar-refractivity contribution in [2.45, 2.75) is 4.90 Å². The molecule has 0 aliphatic carbocycles. The van der Waals surface area contributed by atoms with Gasteiger partial charge < -0.3 is 9.84 Å². The molecule has 1 rings (SSSR count). The van der Waals surface area contributed by atoms with Crippen LogP contribution in [0.4, 0.5) is 0 Å². The van der Waals surface area contributed by atoms with E-state index in [0.29, 0.717) is 0 Å². The van der Waals surface area contributed by atoms with E-state index in [2.05, 4.69) is 0 Å². The topological polar surface area (TPSA) is 29.5 Å². The SMILES string of the molecule is COc1ccc(SC)c([CH]O)c1. The number of thioether (sulfide) groups is 1. The fourth-order valence-corrected chi connectivity index (χ4v) is 1.49. The second-order valence-corrected chi connectivity index (χ2v) is 3.09. The molecule has 0 aromatic heterocycles. The summed E-state index contributed by atoms with van der Waals surface area (Å²) in [5.41, 5.74) is 0.793. The zero-order valence-electron chi connectivity index (χ0n) is 7.07. The van der Waals surface area contributed by atoms with Crippen LogP contribution in [0.25, 0.3) is 0 Å². The molecule has 0 saturated heterocycles. The Labute approximate surface area is 76.6 Å². The number of aliphatic hydroxyl groups excluding tert-OH is 1. The summed E-state index contributed by atoms with van der Waals surface area (Å²) in [4.78, 5) is 1.04. The van der Waals surface area contributed by atoms with Gasteiger partial charge in [-0.15, -0.1) is 11.8 Å². The second kappa shape index (κ2) is 4.38. The van der Waals surface area contributed by atoms with Crippen LogP contribution in [0.1, 0.15) is 5.56 Å². The van der Waals surface area contributed by atoms with Crippen molar-refractivity contribution < 1.29 is 9.84 Å². The second-order valence-electron chi connectivity index (χ2n) is 2.24. The van der Waals surface area contributed by atoms with Gasteiger partial charge in [0.05, 0.1) is 7.11 Å². The molecule has 0 amide bonds. The Kier molecular flexibility index (Phi) is 3.44. The van der Waals surface area contributed by atoms with Gasteiger partial charge in [0.15, 0.2) is 0 Å². The molecular formula is C9H11O2S. The minimum Gasteiger partial charge on any atom is -0.497 e. The fraction of sp³-hybridized carbons (Fsp3) is 0.222. The number of methoxy groups -OCH3 is 1. The molecule has 0 spiro atoms. The Balaban J connectivity index is 3.02. The Morgan fingerprint density at radius 3 is 2.75 bits per heavy atom. The van der Waals surface area contributed by atoms with Gasteiger partial charge in [0.1, 0.15) is 12.4 Å². The van der Waals surface area contributed by atoms with Gasteiger partial charge in [0.25, 0.3) is 0 Å². The molecule has 0 heterocycles. The van der Waals surface area contributed by atoms with E-state index in [1.54, 1.807) is 24.9 Å². The third-order valence-electron chi connectivity index (χ3n) is 1.58. The van der Waals surface area contributed by atoms with Gasteiger partial charge in [-0.25, -0.2) is 0 Å². The molecule has 1 aromatic rings. The van der Waals surface area contributed by atoms with Crippen molar-refractivity contribution in [3.05, 3.63) is 30.4 Å². The maximum atomic E-state index is 8.88. The third-order valence-corrected chi connectivity index (χ3v) is 2.39. The zero-order valence-corrected chi connectivity index (χ0v) is 7.89. The van der Waals surface area contributed by atoms with Crippen molar-refractivity contribution in [1.82, 2.24) is 0 Å². The minimum atomic E-state index is 0.758. The summed E-state index contributed by atoms with van der Waals surface area (Å²) in [5, 5.41) is 8.88. The van der Waals surface area contributed by atoms with E-state index in [9.17, 15) is 0 Å². The lowest BCUT2D eigenvalue weighted by Crippen LogP contribution is -1.88. The number of hydrogen-bond donors (Lipinski definition) is 1. The van der Waals surface area contributed by atoms with Crippen LogP contribution in [-0.4, -0.2) is 18.5 Å². The average Bonchev–Trinajstić information content (AvgIpc) is 2.16. The maximum Gasteiger partial charge on any atom is 0.119 e. The lowest BCUT2D eigenvalue weighted by atomic mass is 10.2. The fourth-order valence-electron chi connectivity index (χ4n) is 0.940. The molecule has 1 N–H and O–H groups in total. The van der Waals surface area contributed by atoms with Crippen molar-refractivity contribution in [2.75, 3.05) is 13.4 Å². The van der Waals surface area contributed by atoms with Crippen molar-refractivity contribution in [2.24, 2.45) is 0 Å². The van der Waals surface area contributed by atoms with Crippen LogP contribution in [0.3, 0.4) is 0 Å². The molecule has 12 heavy (non-hydrogen) atoms. The summed E-state index contributed by atoms with van der Waals surface area (Å²) in [6, 6.07) is 5.59. The van der Waals surface area contributed by atoms with Crippen LogP contribution in [0.2, 0.25) is 0 Å². The first-order valence-electron chi connectivity index (χ1n) is 3.51. The highest BCUT2D eigenvalue weighted by molar-refractivity contribution is 7.98. The standard InChI is InChI=1S/C9H11O2S/c1-11-8-3-4-9(12-2)7(5-8)6-10/h3-6,10H,1-2H3. The van der Waals surface area contributed by atoms with E-state index in [4.69, 9.17) is 9.84 Å². The average molecular weight is 183 g/mol. The first-order valence-corrected chi connectivity index (χ1v) is 4.73. The summed E-state index contributed by atoms with van der Waals surface area (Å²) in [5.74, 6) is 0.758. The zero-order chi connectivity index (χ0) is 8.97. The summed E-state index contributed by atoms with van der Waals surface area (Å²) in [7, 11) is 1.61. The van der Waals surface area contributed by atoms with Crippen molar-refractivity contribution in [1.29, 1.82) is 0 Å². The number of rotatable bonds is 3. The van der Waals surface area contributed by atoms with E-state index in [1.807, 2.05) is 18.4 Å². The molecule has 3 heteroatoms. The summed E-state index contributed by atoms with van der Waals surface area (Å²) >= 11 is 1.59. The molecule has 0 bridgehead atoms. The summed E-state index contributed by atoms with van der Waals surface area (Å²) in [6.07, 6.45) is 1.97. The van der Waals surface area contributed by atoms with Crippen LogP contribution in [0.15, 0.2) is 23.1 Å². The first-order chi connectivity index (χ1) is 5.81. The lowest BCUT2D eigenvalue weighted by Gasteiger charge is -2.05. The first kappa shape index (κ1) is 9.42. The Hall–Kier alpha value is -0.670. The number of hydrogen-bond acceptors (Lipinski definition) is 3. The minimum absolute atomic E-state index is 0.758. The highest BCUT2D eigenvalue weighted by Crippen LogP contribution is 2.25. The van der Waals surface area contributed by atoms with Crippen LogP contribution in [-0.2, 0) is 0 Å². The summed E-state index contributed by atoms with van der Waals surface area (Å²) < 4.78 is 5.02. The molecule has 2 nitrogen and oxygen atoms in total. The monoisotopic (exact) mass is 183 g/mol. The van der Waals surface area contributed by atoms with Crippen LogP contribution < -0.4 is 4.74 Å². The number of aliphatic hydroxyl groups is 1. The highest BCUT2D eigenvalue weighted by atomic mass is 32.2. The Morgan fingerprint density at radius 2 is 2.25 bits per heavy atom. The van der Waals surface area contributed by atoms with E-state index in [-0.39, 0.29) is 0 Å². The summed E-state index contributed by atoms with van der Waals surface area (Å²) in [6.45, 7) is 1.09. The Morgan fingerprint density at radius 1 is 1.50 bits per heavy atom. The number of ether oxygens (including phenoxy) is 1. The van der Waals surface area contributed by atoms with Gasteiger partial charge >= 0.3 is 0 Å². The van der Waals surface area contributed by atoms with Crippen molar-refractivity contribution in [3.63, 3.8) is 0 Å². The largest absolute Gasteiger partial charge is 0.497 e. The predicted octanol–water partition coefficient (Wildman–Crippen LogP) is 2.30. The van der Waals surface area contributed by atoms with Gasteiger partial charge in [0, 0.05) is 10.5 Å². The van der Waals surface area contributed by atoms with Crippen molar-refractivity contribution >= 4 is 11.8 Å². The highest BCUT2D eigenvalue weighted by Gasteiger charge is 2.01. The quantitative estimate of drug-likeness (QED) is 0.729. The van der Waals surface area contributed by atoms with E-state index >= 15 is 0 Å². The van der Waals surface area contributed by atoms with Crippen LogP contribution in [0.5, 0.6) is 5.75 Å². The van der Waals surface area contributed by atoms with Crippen LogP contribution in [0, 0.1) is 6.61 Å². The predicted molar refractivity (Wildman–Crippen MR) is 50.1 cm³/mol. The molecule has 0 aliphatic rings. The van der Waals surface area contributed by atoms with E-state index < -0.39 is 0 Å². The molecule has 0 fully saturated rings. The smallest absolute Gasteiger partial charge is 0.119 e. The van der Waals surface area contributed by atoms with Crippen LogP contribution >= 0.6 is 11.8 Å². The maximum absolute atomic E-state index is 8.88. The molecule has 65 valence electrons. The van der Waals surface area contributed by atoms with Gasteiger partial charge in [-0.3, -0.25) is 0 Å².